The molecule has 2 aromatic rings. The summed E-state index contributed by atoms with van der Waals surface area (Å²) in [5, 5.41) is 18.7. The molecular weight excluding hydrogens is 369 g/mol. The van der Waals surface area contributed by atoms with Crippen LogP contribution < -0.4 is 5.32 Å². The van der Waals surface area contributed by atoms with Gasteiger partial charge in [0.1, 0.15) is 5.69 Å². The second-order valence-corrected chi connectivity index (χ2v) is 7.63. The van der Waals surface area contributed by atoms with Gasteiger partial charge in [0.15, 0.2) is 6.23 Å². The number of benzene rings is 1. The van der Waals surface area contributed by atoms with E-state index in [1.54, 1.807) is 12.1 Å². The monoisotopic (exact) mass is 394 g/mol. The van der Waals surface area contributed by atoms with Crippen molar-refractivity contribution in [2.75, 3.05) is 19.6 Å². The normalized spacial score (nSPS) is 20.2. The highest BCUT2D eigenvalue weighted by molar-refractivity contribution is 5.33. The number of nitrogens with zero attached hydrogens (tertiary/aromatic N) is 3. The number of piperidine rings is 1. The lowest BCUT2D eigenvalue weighted by Gasteiger charge is -2.35. The molecule has 1 aromatic heterocycles. The first kappa shape index (κ1) is 19.4. The van der Waals surface area contributed by atoms with E-state index in [-0.39, 0.29) is 5.92 Å². The summed E-state index contributed by atoms with van der Waals surface area (Å²) < 4.78 is 41.8. The second-order valence-electron chi connectivity index (χ2n) is 7.63. The lowest BCUT2D eigenvalue weighted by Crippen LogP contribution is -2.37. The highest BCUT2D eigenvalue weighted by atomic mass is 19.4. The van der Waals surface area contributed by atoms with Crippen molar-refractivity contribution in [3.05, 3.63) is 52.3 Å². The Balaban J connectivity index is 1.48. The SMILES string of the molecule is Cn1nc(C(O)N2CCC(c3ccccc3C(F)(F)F)CC2)c2c1CNCC2. The van der Waals surface area contributed by atoms with Crippen molar-refractivity contribution in [1.29, 1.82) is 0 Å². The fourth-order valence-electron chi connectivity index (χ4n) is 4.49. The van der Waals surface area contributed by atoms with Crippen molar-refractivity contribution >= 4 is 0 Å². The summed E-state index contributed by atoms with van der Waals surface area (Å²) in [4.78, 5) is 1.93. The van der Waals surface area contributed by atoms with Gasteiger partial charge in [-0.3, -0.25) is 9.58 Å². The van der Waals surface area contributed by atoms with Gasteiger partial charge in [-0.25, -0.2) is 0 Å². The fraction of sp³-hybridized carbons (Fsp3) is 0.550. The maximum Gasteiger partial charge on any atom is 0.416 e. The third-order valence-corrected chi connectivity index (χ3v) is 5.98. The Kier molecular flexibility index (Phi) is 5.20. The largest absolute Gasteiger partial charge is 0.416 e. The van der Waals surface area contributed by atoms with Gasteiger partial charge in [0.2, 0.25) is 0 Å². The molecule has 0 saturated carbocycles. The van der Waals surface area contributed by atoms with Gasteiger partial charge >= 0.3 is 6.18 Å². The predicted molar refractivity (Wildman–Crippen MR) is 98.6 cm³/mol. The minimum Gasteiger partial charge on any atom is -0.372 e. The maximum absolute atomic E-state index is 13.3. The Labute approximate surface area is 162 Å². The number of aliphatic hydroxyl groups excluding tert-OH is 1. The molecule has 0 bridgehead atoms. The Morgan fingerprint density at radius 1 is 1.21 bits per heavy atom. The summed E-state index contributed by atoms with van der Waals surface area (Å²) in [7, 11) is 1.88. The zero-order valence-corrected chi connectivity index (χ0v) is 15.8. The number of aromatic nitrogens is 2. The molecule has 0 aliphatic carbocycles. The van der Waals surface area contributed by atoms with Gasteiger partial charge in [-0.2, -0.15) is 18.3 Å². The number of rotatable bonds is 3. The van der Waals surface area contributed by atoms with Crippen LogP contribution in [0.1, 0.15) is 53.1 Å². The molecule has 3 heterocycles. The van der Waals surface area contributed by atoms with Gasteiger partial charge in [0.05, 0.1) is 11.3 Å². The molecule has 1 atom stereocenters. The first-order valence-electron chi connectivity index (χ1n) is 9.70. The van der Waals surface area contributed by atoms with E-state index in [1.807, 2.05) is 16.6 Å². The summed E-state index contributed by atoms with van der Waals surface area (Å²) in [5.74, 6) is -0.150. The van der Waals surface area contributed by atoms with Gasteiger partial charge in [-0.1, -0.05) is 18.2 Å². The van der Waals surface area contributed by atoms with Gasteiger partial charge in [-0.05, 0) is 43.4 Å². The molecule has 1 saturated heterocycles. The van der Waals surface area contributed by atoms with Crippen LogP contribution in [0.4, 0.5) is 13.2 Å². The van der Waals surface area contributed by atoms with Crippen molar-refractivity contribution in [3.8, 4) is 0 Å². The van der Waals surface area contributed by atoms with E-state index >= 15 is 0 Å². The predicted octanol–water partition coefficient (Wildman–Crippen LogP) is 2.96. The summed E-state index contributed by atoms with van der Waals surface area (Å²) in [6, 6.07) is 5.84. The van der Waals surface area contributed by atoms with Crippen molar-refractivity contribution in [3.63, 3.8) is 0 Å². The van der Waals surface area contributed by atoms with Gasteiger partial charge in [-0.15, -0.1) is 0 Å². The summed E-state index contributed by atoms with van der Waals surface area (Å²) in [6.07, 6.45) is -3.16. The van der Waals surface area contributed by atoms with Crippen molar-refractivity contribution in [2.24, 2.45) is 7.05 Å². The van der Waals surface area contributed by atoms with Gasteiger partial charge in [0.25, 0.3) is 0 Å². The molecular formula is C20H25F3N4O. The highest BCUT2D eigenvalue weighted by Gasteiger charge is 2.37. The van der Waals surface area contributed by atoms with Crippen LogP contribution in [0.15, 0.2) is 24.3 Å². The van der Waals surface area contributed by atoms with Crippen LogP contribution in [0, 0.1) is 0 Å². The van der Waals surface area contributed by atoms with E-state index in [9.17, 15) is 18.3 Å². The minimum absolute atomic E-state index is 0.150. The van der Waals surface area contributed by atoms with Crippen LogP contribution in [0.3, 0.4) is 0 Å². The zero-order chi connectivity index (χ0) is 19.9. The molecule has 4 rings (SSSR count). The molecule has 1 fully saturated rings. The topological polar surface area (TPSA) is 53.3 Å². The number of aliphatic hydroxyl groups is 1. The lowest BCUT2D eigenvalue weighted by molar-refractivity contribution is -0.138. The van der Waals surface area contributed by atoms with Crippen molar-refractivity contribution < 1.29 is 18.3 Å². The molecule has 8 heteroatoms. The maximum atomic E-state index is 13.3. The van der Waals surface area contributed by atoms with Crippen LogP contribution in [-0.4, -0.2) is 39.4 Å². The third kappa shape index (κ3) is 3.56. The number of fused-ring (bicyclic) bond motifs is 1. The fourth-order valence-corrected chi connectivity index (χ4v) is 4.49. The molecule has 1 unspecified atom stereocenters. The molecule has 1 aromatic carbocycles. The first-order chi connectivity index (χ1) is 13.4. The van der Waals surface area contributed by atoms with Gasteiger partial charge < -0.3 is 10.4 Å². The van der Waals surface area contributed by atoms with Crippen LogP contribution in [-0.2, 0) is 26.2 Å². The average molecular weight is 394 g/mol. The Bertz CT molecular complexity index is 840. The Hall–Kier alpha value is -1.90. The Morgan fingerprint density at radius 3 is 2.64 bits per heavy atom. The molecule has 0 amide bonds. The number of aryl methyl sites for hydroxylation is 1. The molecule has 2 N–H and O–H groups in total. The Morgan fingerprint density at radius 2 is 1.93 bits per heavy atom. The molecule has 2 aliphatic heterocycles. The summed E-state index contributed by atoms with van der Waals surface area (Å²) in [5.41, 5.74) is 2.70. The molecule has 5 nitrogen and oxygen atoms in total. The zero-order valence-electron chi connectivity index (χ0n) is 15.8. The number of hydrogen-bond donors (Lipinski definition) is 2. The van der Waals surface area contributed by atoms with E-state index in [0.717, 1.165) is 36.8 Å². The van der Waals surface area contributed by atoms with E-state index < -0.39 is 18.0 Å². The number of nitrogens with one attached hydrogen (secondary N) is 1. The van der Waals surface area contributed by atoms with Gasteiger partial charge in [0, 0.05) is 32.2 Å². The summed E-state index contributed by atoms with van der Waals surface area (Å²) >= 11 is 0. The molecule has 152 valence electrons. The van der Waals surface area contributed by atoms with E-state index in [1.165, 1.54) is 6.07 Å². The number of hydrogen-bond acceptors (Lipinski definition) is 4. The quantitative estimate of drug-likeness (QED) is 0.841. The minimum atomic E-state index is -4.34. The van der Waals surface area contributed by atoms with Crippen LogP contribution >= 0.6 is 0 Å². The van der Waals surface area contributed by atoms with Crippen LogP contribution in [0.25, 0.3) is 0 Å². The second kappa shape index (κ2) is 7.50. The van der Waals surface area contributed by atoms with Crippen molar-refractivity contribution in [1.82, 2.24) is 20.0 Å². The number of likely N-dealkylation sites (tertiary alicyclic amines) is 1. The number of halogens is 3. The van der Waals surface area contributed by atoms with Crippen LogP contribution in [0.5, 0.6) is 0 Å². The molecule has 28 heavy (non-hydrogen) atoms. The number of alkyl halides is 3. The summed E-state index contributed by atoms with van der Waals surface area (Å²) in [6.45, 7) is 2.68. The standard InChI is InChI=1S/C20H25F3N4O/c1-26-17-12-24-9-6-15(17)18(25-26)19(28)27-10-7-13(8-11-27)14-4-2-3-5-16(14)20(21,22)23/h2-5,13,19,24,28H,6-12H2,1H3. The van der Waals surface area contributed by atoms with Crippen molar-refractivity contribution in [2.45, 2.75) is 44.1 Å². The van der Waals surface area contributed by atoms with E-state index in [2.05, 4.69) is 10.4 Å². The smallest absolute Gasteiger partial charge is 0.372 e. The van der Waals surface area contributed by atoms with E-state index in [4.69, 9.17) is 0 Å². The highest BCUT2D eigenvalue weighted by Crippen LogP contribution is 2.39. The first-order valence-corrected chi connectivity index (χ1v) is 9.70. The van der Waals surface area contributed by atoms with Crippen LogP contribution in [0.2, 0.25) is 0 Å². The third-order valence-electron chi connectivity index (χ3n) is 5.98. The molecule has 0 spiro atoms. The molecule has 0 radical (unpaired) electrons. The lowest BCUT2D eigenvalue weighted by atomic mass is 9.86. The molecule has 2 aliphatic rings. The average Bonchev–Trinajstić information content (AvgIpc) is 3.04. The van der Waals surface area contributed by atoms with E-state index in [0.29, 0.717) is 37.2 Å².